The summed E-state index contributed by atoms with van der Waals surface area (Å²) >= 11 is 0. The second-order valence-corrected chi connectivity index (χ2v) is 14.9. The van der Waals surface area contributed by atoms with Crippen molar-refractivity contribution in [2.24, 2.45) is 0 Å². The third-order valence-electron chi connectivity index (χ3n) is 11.5. The normalized spacial score (nSPS) is 11.4. The van der Waals surface area contributed by atoms with Gasteiger partial charge in [-0.3, -0.25) is 0 Å². The van der Waals surface area contributed by atoms with Crippen molar-refractivity contribution in [1.29, 1.82) is 0 Å². The van der Waals surface area contributed by atoms with E-state index in [0.29, 0.717) is 0 Å². The van der Waals surface area contributed by atoms with Crippen LogP contribution in [0.2, 0.25) is 0 Å². The highest BCUT2D eigenvalue weighted by molar-refractivity contribution is 6.12. The Bertz CT molecular complexity index is 3280. The number of rotatable bonds is 7. The van der Waals surface area contributed by atoms with Gasteiger partial charge in [-0.05, 0) is 97.4 Å². The fraction of sp³-hybridized carbons (Fsp3) is 0. The maximum Gasteiger partial charge on any atom is 0.136 e. The van der Waals surface area contributed by atoms with Crippen LogP contribution in [-0.4, -0.2) is 0 Å². The molecule has 0 spiro atoms. The van der Waals surface area contributed by atoms with E-state index in [4.69, 9.17) is 4.42 Å². The lowest BCUT2D eigenvalue weighted by molar-refractivity contribution is 0.669. The SMILES string of the molecule is c1ccc(N(c2ccc(-c3cccc4oc5ccccc5c34)cc2)c2ccccc2-c2ccc3ccccc3c2)c(-c2ccc(-c3cccc4ccccc34)cc2)c1. The lowest BCUT2D eigenvalue weighted by Crippen LogP contribution is -2.12. The van der Waals surface area contributed by atoms with E-state index >= 15 is 0 Å². The predicted molar refractivity (Wildman–Crippen MR) is 245 cm³/mol. The highest BCUT2D eigenvalue weighted by Crippen LogP contribution is 2.46. The minimum absolute atomic E-state index is 0.897. The average Bonchev–Trinajstić information content (AvgIpc) is 3.69. The Labute approximate surface area is 337 Å². The molecule has 0 bridgehead atoms. The molecule has 0 fully saturated rings. The van der Waals surface area contributed by atoms with Gasteiger partial charge in [0.2, 0.25) is 0 Å². The third kappa shape index (κ3) is 5.82. The van der Waals surface area contributed by atoms with Gasteiger partial charge in [-0.25, -0.2) is 0 Å². The molecule has 0 aliphatic rings. The molecule has 10 aromatic carbocycles. The van der Waals surface area contributed by atoms with Gasteiger partial charge in [0.05, 0.1) is 11.4 Å². The van der Waals surface area contributed by atoms with E-state index in [0.717, 1.165) is 66.8 Å². The average molecular weight is 740 g/mol. The molecule has 0 saturated heterocycles. The van der Waals surface area contributed by atoms with E-state index < -0.39 is 0 Å². The molecule has 11 rings (SSSR count). The van der Waals surface area contributed by atoms with Crippen LogP contribution in [0.1, 0.15) is 0 Å². The Morgan fingerprint density at radius 3 is 1.55 bits per heavy atom. The zero-order chi connectivity index (χ0) is 38.4. The number of anilines is 3. The first kappa shape index (κ1) is 33.6. The molecule has 11 aromatic rings. The van der Waals surface area contributed by atoms with Gasteiger partial charge in [-0.15, -0.1) is 0 Å². The van der Waals surface area contributed by atoms with Crippen molar-refractivity contribution in [1.82, 2.24) is 0 Å². The summed E-state index contributed by atoms with van der Waals surface area (Å²) in [6.45, 7) is 0. The molecule has 0 aliphatic heterocycles. The smallest absolute Gasteiger partial charge is 0.136 e. The number of benzene rings is 10. The van der Waals surface area contributed by atoms with Crippen LogP contribution in [0.4, 0.5) is 17.1 Å². The minimum atomic E-state index is 0.897. The molecule has 2 nitrogen and oxygen atoms in total. The summed E-state index contributed by atoms with van der Waals surface area (Å²) in [5.41, 5.74) is 14.5. The van der Waals surface area contributed by atoms with Gasteiger partial charge in [0.1, 0.15) is 11.2 Å². The van der Waals surface area contributed by atoms with Gasteiger partial charge < -0.3 is 9.32 Å². The Morgan fingerprint density at radius 2 is 0.776 bits per heavy atom. The molecule has 0 amide bonds. The highest BCUT2D eigenvalue weighted by atomic mass is 16.3. The monoisotopic (exact) mass is 739 g/mol. The number of furan rings is 1. The van der Waals surface area contributed by atoms with E-state index in [1.807, 2.05) is 12.1 Å². The van der Waals surface area contributed by atoms with Crippen molar-refractivity contribution in [2.75, 3.05) is 4.90 Å². The molecule has 58 heavy (non-hydrogen) atoms. The molecule has 0 radical (unpaired) electrons. The van der Waals surface area contributed by atoms with Crippen molar-refractivity contribution >= 4 is 60.5 Å². The minimum Gasteiger partial charge on any atom is -0.456 e. The summed E-state index contributed by atoms with van der Waals surface area (Å²) in [7, 11) is 0. The number of para-hydroxylation sites is 3. The van der Waals surface area contributed by atoms with Crippen LogP contribution >= 0.6 is 0 Å². The molecular weight excluding hydrogens is 703 g/mol. The van der Waals surface area contributed by atoms with E-state index in [1.54, 1.807) is 0 Å². The second kappa shape index (κ2) is 14.1. The van der Waals surface area contributed by atoms with Crippen LogP contribution in [0.5, 0.6) is 0 Å². The third-order valence-corrected chi connectivity index (χ3v) is 11.5. The van der Waals surface area contributed by atoms with Crippen molar-refractivity contribution in [2.45, 2.75) is 0 Å². The zero-order valence-electron chi connectivity index (χ0n) is 31.7. The predicted octanol–water partition coefficient (Wildman–Crippen LogP) is 16.0. The molecule has 0 saturated carbocycles. The molecule has 1 heterocycles. The highest BCUT2D eigenvalue weighted by Gasteiger charge is 2.21. The molecule has 272 valence electrons. The first-order valence-electron chi connectivity index (χ1n) is 19.8. The van der Waals surface area contributed by atoms with E-state index in [2.05, 4.69) is 217 Å². The summed E-state index contributed by atoms with van der Waals surface area (Å²) in [6.07, 6.45) is 0. The van der Waals surface area contributed by atoms with E-state index in [9.17, 15) is 0 Å². The van der Waals surface area contributed by atoms with Crippen LogP contribution in [-0.2, 0) is 0 Å². The molecule has 2 heteroatoms. The van der Waals surface area contributed by atoms with Crippen LogP contribution < -0.4 is 4.90 Å². The topological polar surface area (TPSA) is 16.4 Å². The first-order valence-corrected chi connectivity index (χ1v) is 19.8. The number of nitrogens with zero attached hydrogens (tertiary/aromatic N) is 1. The standard InChI is InChI=1S/C56H37NO/c1-2-15-43-37-44(32-27-38(43)13-1)49-19-6-9-24-53(49)57(45-35-33-42(34-36-45)50-22-12-26-55-56(50)51-20-7-10-25-54(51)58-55)52-23-8-5-18-48(52)41-30-28-40(29-31-41)47-21-11-16-39-14-3-4-17-46(39)47/h1-37H. The lowest BCUT2D eigenvalue weighted by atomic mass is 9.94. The van der Waals surface area contributed by atoms with Gasteiger partial charge >= 0.3 is 0 Å². The maximum atomic E-state index is 6.27. The molecule has 0 atom stereocenters. The van der Waals surface area contributed by atoms with Gasteiger partial charge in [-0.2, -0.15) is 0 Å². The Balaban J connectivity index is 1.07. The maximum absolute atomic E-state index is 6.27. The van der Waals surface area contributed by atoms with Gasteiger partial charge in [-0.1, -0.05) is 182 Å². The van der Waals surface area contributed by atoms with Gasteiger partial charge in [0.15, 0.2) is 0 Å². The Hall–Kier alpha value is -7.68. The number of hydrogen-bond donors (Lipinski definition) is 0. The first-order chi connectivity index (χ1) is 28.8. The van der Waals surface area contributed by atoms with Crippen molar-refractivity contribution in [3.63, 3.8) is 0 Å². The lowest BCUT2D eigenvalue weighted by Gasteiger charge is -2.30. The van der Waals surface area contributed by atoms with Crippen molar-refractivity contribution < 1.29 is 4.42 Å². The van der Waals surface area contributed by atoms with Crippen molar-refractivity contribution in [3.05, 3.63) is 224 Å². The summed E-state index contributed by atoms with van der Waals surface area (Å²) in [5.74, 6) is 0. The molecule has 1 aromatic heterocycles. The fourth-order valence-corrected chi connectivity index (χ4v) is 8.70. The van der Waals surface area contributed by atoms with Crippen LogP contribution in [0.15, 0.2) is 229 Å². The zero-order valence-corrected chi connectivity index (χ0v) is 31.7. The largest absolute Gasteiger partial charge is 0.456 e. The summed E-state index contributed by atoms with van der Waals surface area (Å²) in [4.78, 5) is 2.43. The van der Waals surface area contributed by atoms with Crippen LogP contribution in [0.25, 0.3) is 88.0 Å². The van der Waals surface area contributed by atoms with Gasteiger partial charge in [0, 0.05) is 27.6 Å². The molecular formula is C56H37NO. The molecule has 0 aliphatic carbocycles. The van der Waals surface area contributed by atoms with Gasteiger partial charge in [0.25, 0.3) is 0 Å². The Morgan fingerprint density at radius 1 is 0.293 bits per heavy atom. The van der Waals surface area contributed by atoms with Crippen LogP contribution in [0.3, 0.4) is 0 Å². The number of fused-ring (bicyclic) bond motifs is 5. The van der Waals surface area contributed by atoms with Crippen LogP contribution in [0, 0.1) is 0 Å². The summed E-state index contributed by atoms with van der Waals surface area (Å²) in [6, 6.07) is 80.8. The quantitative estimate of drug-likeness (QED) is 0.162. The van der Waals surface area contributed by atoms with Crippen molar-refractivity contribution in [3.8, 4) is 44.5 Å². The molecule has 0 N–H and O–H groups in total. The van der Waals surface area contributed by atoms with E-state index in [1.165, 1.54) is 38.2 Å². The van der Waals surface area contributed by atoms with E-state index in [-0.39, 0.29) is 0 Å². The summed E-state index contributed by atoms with van der Waals surface area (Å²) < 4.78 is 6.27. The molecule has 0 unspecified atom stereocenters. The summed E-state index contributed by atoms with van der Waals surface area (Å²) in [5, 5.41) is 7.23. The second-order valence-electron chi connectivity index (χ2n) is 14.9. The number of hydrogen-bond acceptors (Lipinski definition) is 2. The fourth-order valence-electron chi connectivity index (χ4n) is 8.70. The Kier molecular flexibility index (Phi) is 8.19.